The van der Waals surface area contributed by atoms with Crippen LogP contribution in [0.3, 0.4) is 0 Å². The molecule has 21 heavy (non-hydrogen) atoms. The summed E-state index contributed by atoms with van der Waals surface area (Å²) in [5.41, 5.74) is 0.0238. The summed E-state index contributed by atoms with van der Waals surface area (Å²) in [6, 6.07) is 1.80. The van der Waals surface area contributed by atoms with Crippen molar-refractivity contribution in [3.63, 3.8) is 0 Å². The molecule has 1 aromatic rings. The summed E-state index contributed by atoms with van der Waals surface area (Å²) in [5.74, 6) is -3.02. The number of nitrogens with zero attached hydrogens (tertiary/aromatic N) is 1. The molecule has 1 aromatic carbocycles. The summed E-state index contributed by atoms with van der Waals surface area (Å²) < 4.78 is 26.2. The Morgan fingerprint density at radius 1 is 1.19 bits per heavy atom. The van der Waals surface area contributed by atoms with Gasteiger partial charge in [0.05, 0.1) is 5.92 Å². The molecule has 3 unspecified atom stereocenters. The maximum atomic E-state index is 13.1. The van der Waals surface area contributed by atoms with Crippen LogP contribution in [-0.4, -0.2) is 34.1 Å². The van der Waals surface area contributed by atoms with E-state index in [2.05, 4.69) is 5.32 Å². The number of aliphatic carboxylic acids is 1. The van der Waals surface area contributed by atoms with Gasteiger partial charge in [-0.1, -0.05) is 0 Å². The minimum atomic E-state index is -0.906. The average molecular weight is 296 g/mol. The molecule has 2 heterocycles. The molecule has 2 bridgehead atoms. The van der Waals surface area contributed by atoms with E-state index in [9.17, 15) is 18.4 Å². The molecule has 7 heteroatoms. The van der Waals surface area contributed by atoms with Crippen molar-refractivity contribution in [3.8, 4) is 0 Å². The molecule has 2 aliphatic heterocycles. The van der Waals surface area contributed by atoms with Crippen molar-refractivity contribution >= 4 is 17.7 Å². The highest BCUT2D eigenvalue weighted by atomic mass is 19.1. The lowest BCUT2D eigenvalue weighted by Gasteiger charge is -2.23. The number of carbonyl (C=O) groups excluding carboxylic acids is 1. The number of halogens is 2. The van der Waals surface area contributed by atoms with Gasteiger partial charge in [-0.2, -0.15) is 0 Å². The van der Waals surface area contributed by atoms with Crippen LogP contribution < -0.4 is 5.32 Å². The van der Waals surface area contributed by atoms with Gasteiger partial charge in [0.25, 0.3) is 0 Å². The predicted octanol–water partition coefficient (Wildman–Crippen LogP) is 2.43. The van der Waals surface area contributed by atoms with E-state index in [0.29, 0.717) is 12.8 Å². The van der Waals surface area contributed by atoms with Crippen molar-refractivity contribution in [2.75, 3.05) is 5.32 Å². The topological polar surface area (TPSA) is 69.6 Å². The summed E-state index contributed by atoms with van der Waals surface area (Å²) >= 11 is 0. The molecule has 0 aliphatic carbocycles. The zero-order chi connectivity index (χ0) is 15.1. The number of hydrogen-bond donors (Lipinski definition) is 2. The van der Waals surface area contributed by atoms with Crippen LogP contribution in [0.2, 0.25) is 0 Å². The summed E-state index contributed by atoms with van der Waals surface area (Å²) in [4.78, 5) is 24.9. The van der Waals surface area contributed by atoms with Gasteiger partial charge >= 0.3 is 12.0 Å². The molecule has 0 spiro atoms. The Labute approximate surface area is 119 Å². The largest absolute Gasteiger partial charge is 0.481 e. The number of benzene rings is 1. The van der Waals surface area contributed by atoms with E-state index in [1.54, 1.807) is 0 Å². The van der Waals surface area contributed by atoms with E-state index < -0.39 is 29.6 Å². The zero-order valence-electron chi connectivity index (χ0n) is 11.1. The second-order valence-corrected chi connectivity index (χ2v) is 5.47. The number of carbonyl (C=O) groups is 2. The van der Waals surface area contributed by atoms with Crippen LogP contribution in [0.15, 0.2) is 18.2 Å². The Kier molecular flexibility index (Phi) is 3.27. The molecule has 5 nitrogen and oxygen atoms in total. The first-order chi connectivity index (χ1) is 9.95. The number of nitrogens with one attached hydrogen (secondary N) is 1. The second-order valence-electron chi connectivity index (χ2n) is 5.47. The Morgan fingerprint density at radius 3 is 2.43 bits per heavy atom. The minimum Gasteiger partial charge on any atom is -0.481 e. The molecule has 2 aliphatic rings. The number of carboxylic acids is 1. The number of amides is 2. The van der Waals surface area contributed by atoms with Gasteiger partial charge in [-0.3, -0.25) is 4.79 Å². The van der Waals surface area contributed by atoms with Crippen LogP contribution in [0.4, 0.5) is 19.3 Å². The Bertz CT molecular complexity index is 588. The number of rotatable bonds is 2. The molecule has 2 fully saturated rings. The van der Waals surface area contributed by atoms with Crippen molar-refractivity contribution in [2.24, 2.45) is 5.92 Å². The molecule has 0 aromatic heterocycles. The first-order valence-electron chi connectivity index (χ1n) is 6.74. The molecule has 0 radical (unpaired) electrons. The second kappa shape index (κ2) is 4.98. The lowest BCUT2D eigenvalue weighted by atomic mass is 9.89. The van der Waals surface area contributed by atoms with E-state index in [1.807, 2.05) is 0 Å². The molecular weight excluding hydrogens is 282 g/mol. The Hall–Kier alpha value is -2.18. The van der Waals surface area contributed by atoms with Crippen molar-refractivity contribution in [3.05, 3.63) is 29.8 Å². The van der Waals surface area contributed by atoms with Gasteiger partial charge in [-0.15, -0.1) is 0 Å². The molecule has 3 atom stereocenters. The molecule has 112 valence electrons. The quantitative estimate of drug-likeness (QED) is 0.880. The van der Waals surface area contributed by atoms with Crippen LogP contribution in [-0.2, 0) is 4.79 Å². The molecule has 2 amide bonds. The molecule has 2 saturated heterocycles. The van der Waals surface area contributed by atoms with Crippen molar-refractivity contribution in [1.82, 2.24) is 4.90 Å². The van der Waals surface area contributed by atoms with Gasteiger partial charge in [0, 0.05) is 23.8 Å². The lowest BCUT2D eigenvalue weighted by molar-refractivity contribution is -0.142. The number of urea groups is 1. The predicted molar refractivity (Wildman–Crippen MR) is 69.8 cm³/mol. The lowest BCUT2D eigenvalue weighted by Crippen LogP contribution is -2.40. The number of fused-ring (bicyclic) bond motifs is 2. The molecule has 3 rings (SSSR count). The summed E-state index contributed by atoms with van der Waals surface area (Å²) in [5, 5.41) is 11.6. The smallest absolute Gasteiger partial charge is 0.322 e. The van der Waals surface area contributed by atoms with Crippen molar-refractivity contribution in [1.29, 1.82) is 0 Å². The first-order valence-corrected chi connectivity index (χ1v) is 6.74. The van der Waals surface area contributed by atoms with Crippen LogP contribution in [0.5, 0.6) is 0 Å². The van der Waals surface area contributed by atoms with E-state index in [-0.39, 0.29) is 17.8 Å². The highest BCUT2D eigenvalue weighted by Crippen LogP contribution is 2.42. The maximum Gasteiger partial charge on any atom is 0.322 e. The van der Waals surface area contributed by atoms with Crippen LogP contribution in [0.25, 0.3) is 0 Å². The fourth-order valence-electron chi connectivity index (χ4n) is 3.38. The van der Waals surface area contributed by atoms with Gasteiger partial charge < -0.3 is 15.3 Å². The van der Waals surface area contributed by atoms with Crippen LogP contribution in [0, 0.1) is 17.6 Å². The summed E-state index contributed by atoms with van der Waals surface area (Å²) in [6.45, 7) is 0. The summed E-state index contributed by atoms with van der Waals surface area (Å²) in [6.07, 6.45) is 1.84. The first kappa shape index (κ1) is 13.8. The van der Waals surface area contributed by atoms with Gasteiger partial charge in [0.15, 0.2) is 0 Å². The number of carboxylic acid groups (broad SMARTS) is 1. The third-order valence-electron chi connectivity index (χ3n) is 4.20. The van der Waals surface area contributed by atoms with Crippen molar-refractivity contribution in [2.45, 2.75) is 31.3 Å². The fourth-order valence-corrected chi connectivity index (χ4v) is 3.38. The number of anilines is 1. The van der Waals surface area contributed by atoms with E-state index in [0.717, 1.165) is 24.6 Å². The highest BCUT2D eigenvalue weighted by Gasteiger charge is 2.51. The maximum absolute atomic E-state index is 13.1. The molecule has 0 saturated carbocycles. The van der Waals surface area contributed by atoms with Gasteiger partial charge in [0.1, 0.15) is 11.6 Å². The van der Waals surface area contributed by atoms with E-state index in [1.165, 1.54) is 4.90 Å². The fraction of sp³-hybridized carbons (Fsp3) is 0.429. The van der Waals surface area contributed by atoms with Crippen molar-refractivity contribution < 1.29 is 23.5 Å². The van der Waals surface area contributed by atoms with E-state index in [4.69, 9.17) is 5.11 Å². The minimum absolute atomic E-state index is 0.0238. The van der Waals surface area contributed by atoms with Crippen LogP contribution >= 0.6 is 0 Å². The van der Waals surface area contributed by atoms with Gasteiger partial charge in [-0.25, -0.2) is 13.6 Å². The Balaban J connectivity index is 1.76. The average Bonchev–Trinajstić information content (AvgIpc) is 2.94. The number of hydrogen-bond acceptors (Lipinski definition) is 2. The Morgan fingerprint density at radius 2 is 1.86 bits per heavy atom. The zero-order valence-corrected chi connectivity index (χ0v) is 11.1. The molecular formula is C14H14F2N2O3. The third-order valence-corrected chi connectivity index (χ3v) is 4.20. The molecule has 2 N–H and O–H groups in total. The monoisotopic (exact) mass is 296 g/mol. The third kappa shape index (κ3) is 2.43. The normalized spacial score (nSPS) is 27.0. The summed E-state index contributed by atoms with van der Waals surface area (Å²) in [7, 11) is 0. The van der Waals surface area contributed by atoms with Gasteiger partial charge in [0.2, 0.25) is 0 Å². The standard InChI is InChI=1S/C14H14F2N2O3/c15-7-3-8(16)5-9(4-7)17-14(21)18-10-1-2-12(18)11(6-10)13(19)20/h3-5,10-12H,1-2,6H2,(H,17,21)(H,19,20). The SMILES string of the molecule is O=C(O)C1CC2CCC1N2C(=O)Nc1cc(F)cc(F)c1. The highest BCUT2D eigenvalue weighted by molar-refractivity contribution is 5.91. The van der Waals surface area contributed by atoms with Crippen LogP contribution in [0.1, 0.15) is 19.3 Å². The van der Waals surface area contributed by atoms with Gasteiger partial charge in [-0.05, 0) is 31.4 Å². The van der Waals surface area contributed by atoms with E-state index >= 15 is 0 Å².